The standard InChI is InChI=1S/C8H16N2O5S/c1-2-3-4-16(14,15)10(5-7(9)11)6-8(12)13/h2-6H2,1H3,(H2,9,11)(H,12,13). The average molecular weight is 252 g/mol. The number of rotatable bonds is 8. The summed E-state index contributed by atoms with van der Waals surface area (Å²) in [4.78, 5) is 21.1. The lowest BCUT2D eigenvalue weighted by atomic mass is 10.4. The van der Waals surface area contributed by atoms with Crippen LogP contribution in [-0.4, -0.2) is 48.5 Å². The van der Waals surface area contributed by atoms with E-state index in [9.17, 15) is 18.0 Å². The summed E-state index contributed by atoms with van der Waals surface area (Å²) >= 11 is 0. The molecule has 8 heteroatoms. The molecular weight excluding hydrogens is 236 g/mol. The van der Waals surface area contributed by atoms with Gasteiger partial charge < -0.3 is 10.8 Å². The molecule has 0 rings (SSSR count). The summed E-state index contributed by atoms with van der Waals surface area (Å²) in [6.45, 7) is 0.471. The maximum atomic E-state index is 11.6. The van der Waals surface area contributed by atoms with Gasteiger partial charge in [-0.25, -0.2) is 8.42 Å². The van der Waals surface area contributed by atoms with Crippen molar-refractivity contribution in [2.45, 2.75) is 19.8 Å². The molecule has 0 spiro atoms. The number of hydrogen-bond donors (Lipinski definition) is 2. The fraction of sp³-hybridized carbons (Fsp3) is 0.750. The second-order valence-electron chi connectivity index (χ2n) is 3.30. The highest BCUT2D eigenvalue weighted by Gasteiger charge is 2.25. The molecule has 0 aliphatic carbocycles. The van der Waals surface area contributed by atoms with Crippen LogP contribution in [0, 0.1) is 0 Å². The van der Waals surface area contributed by atoms with Crippen molar-refractivity contribution < 1.29 is 23.1 Å². The van der Waals surface area contributed by atoms with Gasteiger partial charge in [-0.2, -0.15) is 4.31 Å². The van der Waals surface area contributed by atoms with Crippen LogP contribution in [-0.2, 0) is 19.6 Å². The molecule has 0 atom stereocenters. The first-order valence-corrected chi connectivity index (χ1v) is 6.38. The minimum atomic E-state index is -3.72. The molecule has 0 radical (unpaired) electrons. The van der Waals surface area contributed by atoms with Crippen molar-refractivity contribution in [3.63, 3.8) is 0 Å². The van der Waals surface area contributed by atoms with E-state index in [1.165, 1.54) is 0 Å². The monoisotopic (exact) mass is 252 g/mol. The Hall–Kier alpha value is -1.15. The van der Waals surface area contributed by atoms with Crippen LogP contribution in [0.5, 0.6) is 0 Å². The molecule has 0 fully saturated rings. The molecule has 16 heavy (non-hydrogen) atoms. The first-order chi connectivity index (χ1) is 7.29. The number of nitrogens with zero attached hydrogens (tertiary/aromatic N) is 1. The fourth-order valence-corrected chi connectivity index (χ4v) is 2.58. The van der Waals surface area contributed by atoms with E-state index < -0.39 is 35.0 Å². The summed E-state index contributed by atoms with van der Waals surface area (Å²) in [5.41, 5.74) is 4.86. The van der Waals surface area contributed by atoms with Gasteiger partial charge in [0.05, 0.1) is 12.3 Å². The number of carbonyl (C=O) groups is 2. The zero-order valence-corrected chi connectivity index (χ0v) is 9.87. The van der Waals surface area contributed by atoms with E-state index in [1.807, 2.05) is 6.92 Å². The highest BCUT2D eigenvalue weighted by atomic mass is 32.2. The van der Waals surface area contributed by atoms with Gasteiger partial charge in [0, 0.05) is 0 Å². The lowest BCUT2D eigenvalue weighted by Gasteiger charge is -2.18. The molecule has 0 heterocycles. The predicted molar refractivity (Wildman–Crippen MR) is 57.1 cm³/mol. The maximum Gasteiger partial charge on any atom is 0.318 e. The molecule has 0 aromatic carbocycles. The maximum absolute atomic E-state index is 11.6. The quantitative estimate of drug-likeness (QED) is 0.573. The van der Waals surface area contributed by atoms with Crippen LogP contribution in [0.1, 0.15) is 19.8 Å². The smallest absolute Gasteiger partial charge is 0.318 e. The van der Waals surface area contributed by atoms with Crippen LogP contribution >= 0.6 is 0 Å². The summed E-state index contributed by atoms with van der Waals surface area (Å²) in [5, 5.41) is 8.53. The largest absolute Gasteiger partial charge is 0.480 e. The number of primary amides is 1. The van der Waals surface area contributed by atoms with Gasteiger partial charge >= 0.3 is 5.97 Å². The molecule has 3 N–H and O–H groups in total. The molecule has 94 valence electrons. The van der Waals surface area contributed by atoms with Crippen molar-refractivity contribution in [2.24, 2.45) is 5.73 Å². The Balaban J connectivity index is 4.72. The SMILES string of the molecule is CCCCS(=O)(=O)N(CC(N)=O)CC(=O)O. The summed E-state index contributed by atoms with van der Waals surface area (Å²) in [5.74, 6) is -2.37. The number of carbonyl (C=O) groups excluding carboxylic acids is 1. The third kappa shape index (κ3) is 5.66. The normalized spacial score (nSPS) is 11.6. The zero-order chi connectivity index (χ0) is 12.8. The summed E-state index contributed by atoms with van der Waals surface area (Å²) in [6, 6.07) is 0. The van der Waals surface area contributed by atoms with E-state index >= 15 is 0 Å². The van der Waals surface area contributed by atoms with Crippen molar-refractivity contribution in [3.05, 3.63) is 0 Å². The lowest BCUT2D eigenvalue weighted by molar-refractivity contribution is -0.137. The third-order valence-electron chi connectivity index (χ3n) is 1.79. The molecule has 0 aliphatic heterocycles. The van der Waals surface area contributed by atoms with Gasteiger partial charge in [-0.05, 0) is 6.42 Å². The Kier molecular flexibility index (Phi) is 5.97. The number of unbranched alkanes of at least 4 members (excludes halogenated alkanes) is 1. The molecule has 0 saturated heterocycles. The van der Waals surface area contributed by atoms with Crippen molar-refractivity contribution in [1.29, 1.82) is 0 Å². The first-order valence-electron chi connectivity index (χ1n) is 4.77. The van der Waals surface area contributed by atoms with Crippen LogP contribution in [0.4, 0.5) is 0 Å². The molecule has 0 aromatic heterocycles. The van der Waals surface area contributed by atoms with Gasteiger partial charge in [0.15, 0.2) is 0 Å². The number of hydrogen-bond acceptors (Lipinski definition) is 4. The van der Waals surface area contributed by atoms with Gasteiger partial charge in [-0.15, -0.1) is 0 Å². The van der Waals surface area contributed by atoms with E-state index in [-0.39, 0.29) is 5.75 Å². The summed E-state index contributed by atoms with van der Waals surface area (Å²) in [6.07, 6.45) is 1.08. The molecule has 7 nitrogen and oxygen atoms in total. The predicted octanol–water partition coefficient (Wildman–Crippen LogP) is -1.01. The second-order valence-corrected chi connectivity index (χ2v) is 5.39. The van der Waals surface area contributed by atoms with Crippen LogP contribution in [0.2, 0.25) is 0 Å². The van der Waals surface area contributed by atoms with Crippen LogP contribution in [0.3, 0.4) is 0 Å². The molecule has 0 bridgehead atoms. The Morgan fingerprint density at radius 3 is 2.25 bits per heavy atom. The van der Waals surface area contributed by atoms with Crippen molar-refractivity contribution in [1.82, 2.24) is 4.31 Å². The number of carboxylic acid groups (broad SMARTS) is 1. The highest BCUT2D eigenvalue weighted by molar-refractivity contribution is 7.89. The fourth-order valence-electron chi connectivity index (χ4n) is 1.03. The highest BCUT2D eigenvalue weighted by Crippen LogP contribution is 2.04. The minimum Gasteiger partial charge on any atom is -0.480 e. The van der Waals surface area contributed by atoms with Gasteiger partial charge in [-0.3, -0.25) is 9.59 Å². The molecular formula is C8H16N2O5S. The molecule has 0 aliphatic rings. The second kappa shape index (κ2) is 6.44. The molecule has 1 amide bonds. The van der Waals surface area contributed by atoms with Crippen LogP contribution in [0.25, 0.3) is 0 Å². The topological polar surface area (TPSA) is 118 Å². The Morgan fingerprint density at radius 1 is 1.31 bits per heavy atom. The lowest BCUT2D eigenvalue weighted by Crippen LogP contribution is -2.42. The van der Waals surface area contributed by atoms with Crippen LogP contribution in [0.15, 0.2) is 0 Å². The van der Waals surface area contributed by atoms with Crippen molar-refractivity contribution >= 4 is 21.9 Å². The number of sulfonamides is 1. The number of carboxylic acids is 1. The van der Waals surface area contributed by atoms with Crippen LogP contribution < -0.4 is 5.73 Å². The van der Waals surface area contributed by atoms with E-state index in [0.29, 0.717) is 17.1 Å². The Morgan fingerprint density at radius 2 is 1.88 bits per heavy atom. The zero-order valence-electron chi connectivity index (χ0n) is 9.05. The van der Waals surface area contributed by atoms with Gasteiger partial charge in [0.25, 0.3) is 0 Å². The first kappa shape index (κ1) is 14.8. The van der Waals surface area contributed by atoms with Gasteiger partial charge in [0.2, 0.25) is 15.9 Å². The van der Waals surface area contributed by atoms with Gasteiger partial charge in [-0.1, -0.05) is 13.3 Å². The minimum absolute atomic E-state index is 0.177. The van der Waals surface area contributed by atoms with Gasteiger partial charge in [0.1, 0.15) is 6.54 Å². The van der Waals surface area contributed by atoms with E-state index in [2.05, 4.69) is 0 Å². The third-order valence-corrected chi connectivity index (χ3v) is 3.64. The van der Waals surface area contributed by atoms with E-state index in [4.69, 9.17) is 10.8 Å². The van der Waals surface area contributed by atoms with Crippen molar-refractivity contribution in [2.75, 3.05) is 18.8 Å². The Bertz CT molecular complexity index is 335. The Labute approximate surface area is 94.3 Å². The molecule has 0 saturated carbocycles. The number of amides is 1. The van der Waals surface area contributed by atoms with E-state index in [0.717, 1.165) is 0 Å². The van der Waals surface area contributed by atoms with Crippen molar-refractivity contribution in [3.8, 4) is 0 Å². The number of nitrogens with two attached hydrogens (primary N) is 1. The molecule has 0 unspecified atom stereocenters. The van der Waals surface area contributed by atoms with E-state index in [1.54, 1.807) is 0 Å². The summed E-state index contributed by atoms with van der Waals surface area (Å²) in [7, 11) is -3.72. The average Bonchev–Trinajstić information content (AvgIpc) is 2.12. The number of aliphatic carboxylic acids is 1. The molecule has 0 aromatic rings. The summed E-state index contributed by atoms with van der Waals surface area (Å²) < 4.78 is 23.8.